The molecule has 2 N–H and O–H groups in total. The molecule has 1 amide bonds. The van der Waals surface area contributed by atoms with Crippen LogP contribution in [0.5, 0.6) is 0 Å². The Morgan fingerprint density at radius 3 is 2.31 bits per heavy atom. The third-order valence-corrected chi connectivity index (χ3v) is 6.03. The Hall–Kier alpha value is -3.98. The summed E-state index contributed by atoms with van der Waals surface area (Å²) in [5.74, 6) is 0.378. The minimum absolute atomic E-state index is 0.0695. The van der Waals surface area contributed by atoms with Gasteiger partial charge >= 0.3 is 0 Å². The number of aryl methyl sites for hydroxylation is 1. The van der Waals surface area contributed by atoms with Gasteiger partial charge in [-0.2, -0.15) is 4.98 Å². The predicted octanol–water partition coefficient (Wildman–Crippen LogP) is 3.78. The lowest BCUT2D eigenvalue weighted by molar-refractivity contribution is 0.0946. The summed E-state index contributed by atoms with van der Waals surface area (Å²) < 4.78 is 32.5. The smallest absolute Gasteiger partial charge is 0.261 e. The highest BCUT2D eigenvalue weighted by Gasteiger charge is 2.14. The van der Waals surface area contributed by atoms with Crippen LogP contribution in [-0.2, 0) is 16.6 Å². The van der Waals surface area contributed by atoms with E-state index < -0.39 is 10.0 Å². The zero-order valence-electron chi connectivity index (χ0n) is 17.1. The molecule has 8 nitrogen and oxygen atoms in total. The fourth-order valence-electron chi connectivity index (χ4n) is 2.91. The number of anilines is 1. The number of rotatable bonds is 7. The summed E-state index contributed by atoms with van der Waals surface area (Å²) in [6.07, 6.45) is 0. The zero-order valence-corrected chi connectivity index (χ0v) is 18.0. The van der Waals surface area contributed by atoms with Crippen molar-refractivity contribution in [2.45, 2.75) is 18.4 Å². The lowest BCUT2D eigenvalue weighted by atomic mass is 10.1. The van der Waals surface area contributed by atoms with Gasteiger partial charge in [0.2, 0.25) is 11.7 Å². The van der Waals surface area contributed by atoms with Gasteiger partial charge < -0.3 is 9.84 Å². The van der Waals surface area contributed by atoms with Gasteiger partial charge in [-0.1, -0.05) is 53.2 Å². The van der Waals surface area contributed by atoms with Gasteiger partial charge in [0, 0.05) is 16.8 Å². The van der Waals surface area contributed by atoms with Gasteiger partial charge in [-0.05, 0) is 43.3 Å². The van der Waals surface area contributed by atoms with Crippen molar-refractivity contribution in [2.75, 3.05) is 4.72 Å². The summed E-state index contributed by atoms with van der Waals surface area (Å²) >= 11 is 0. The van der Waals surface area contributed by atoms with Crippen molar-refractivity contribution >= 4 is 21.6 Å². The number of nitrogens with zero attached hydrogens (tertiary/aromatic N) is 2. The van der Waals surface area contributed by atoms with Crippen molar-refractivity contribution in [3.8, 4) is 11.4 Å². The summed E-state index contributed by atoms with van der Waals surface area (Å²) in [6.45, 7) is 2.06. The lowest BCUT2D eigenvalue weighted by Crippen LogP contribution is -2.23. The third-order valence-electron chi connectivity index (χ3n) is 4.63. The molecule has 1 aromatic heterocycles. The highest BCUT2D eigenvalue weighted by atomic mass is 32.2. The van der Waals surface area contributed by atoms with Crippen LogP contribution in [0.15, 0.2) is 88.3 Å². The van der Waals surface area contributed by atoms with Crippen molar-refractivity contribution in [1.29, 1.82) is 0 Å². The Morgan fingerprint density at radius 2 is 1.62 bits per heavy atom. The van der Waals surface area contributed by atoms with Crippen molar-refractivity contribution in [1.82, 2.24) is 15.5 Å². The predicted molar refractivity (Wildman–Crippen MR) is 119 cm³/mol. The number of amides is 1. The van der Waals surface area contributed by atoms with Gasteiger partial charge in [-0.25, -0.2) is 8.42 Å². The van der Waals surface area contributed by atoms with Crippen LogP contribution < -0.4 is 10.0 Å². The molecule has 0 unspecified atom stereocenters. The first-order valence-electron chi connectivity index (χ1n) is 9.76. The van der Waals surface area contributed by atoms with E-state index in [4.69, 9.17) is 4.52 Å². The molecule has 162 valence electrons. The molecule has 0 radical (unpaired) electrons. The number of sulfonamides is 1. The van der Waals surface area contributed by atoms with Crippen LogP contribution in [0.3, 0.4) is 0 Å². The van der Waals surface area contributed by atoms with E-state index in [2.05, 4.69) is 20.2 Å². The van der Waals surface area contributed by atoms with E-state index in [1.165, 1.54) is 36.4 Å². The quantitative estimate of drug-likeness (QED) is 0.445. The fourth-order valence-corrected chi connectivity index (χ4v) is 3.99. The second kappa shape index (κ2) is 9.03. The number of carbonyl (C=O) groups is 1. The van der Waals surface area contributed by atoms with Gasteiger partial charge in [-0.3, -0.25) is 9.52 Å². The van der Waals surface area contributed by atoms with Crippen LogP contribution >= 0.6 is 0 Å². The first-order chi connectivity index (χ1) is 15.4. The number of nitrogens with one attached hydrogen (secondary N) is 2. The number of carbonyl (C=O) groups excluding carboxylic acids is 1. The van der Waals surface area contributed by atoms with E-state index in [0.717, 1.165) is 11.1 Å². The number of benzene rings is 3. The molecule has 0 saturated heterocycles. The van der Waals surface area contributed by atoms with Crippen LogP contribution in [-0.4, -0.2) is 24.5 Å². The van der Waals surface area contributed by atoms with Crippen LogP contribution in [0.25, 0.3) is 11.4 Å². The maximum absolute atomic E-state index is 12.4. The van der Waals surface area contributed by atoms with E-state index in [1.807, 2.05) is 31.2 Å². The van der Waals surface area contributed by atoms with Crippen molar-refractivity contribution in [3.05, 3.63) is 95.9 Å². The van der Waals surface area contributed by atoms with Gasteiger partial charge in [-0.15, -0.1) is 0 Å². The molecule has 0 fully saturated rings. The minimum Gasteiger partial charge on any atom is -0.343 e. The number of hydrogen-bond donors (Lipinski definition) is 2. The molecule has 0 bridgehead atoms. The average Bonchev–Trinajstić information content (AvgIpc) is 3.28. The Kier molecular flexibility index (Phi) is 6.00. The molecular formula is C23H20N4O4S. The van der Waals surface area contributed by atoms with Crippen molar-refractivity contribution in [3.63, 3.8) is 0 Å². The SMILES string of the molecule is Cc1ccc(-c2noc(CNC(=O)c3ccc(NS(=O)(=O)c4ccccc4)cc3)n2)cc1. The number of hydrogen-bond acceptors (Lipinski definition) is 6. The lowest BCUT2D eigenvalue weighted by Gasteiger charge is -2.09. The second-order valence-corrected chi connectivity index (χ2v) is 8.74. The molecule has 4 aromatic rings. The van der Waals surface area contributed by atoms with E-state index in [0.29, 0.717) is 17.1 Å². The van der Waals surface area contributed by atoms with E-state index in [-0.39, 0.29) is 23.2 Å². The van der Waals surface area contributed by atoms with E-state index >= 15 is 0 Å². The summed E-state index contributed by atoms with van der Waals surface area (Å²) in [7, 11) is -3.69. The summed E-state index contributed by atoms with van der Waals surface area (Å²) in [5.41, 5.74) is 2.67. The highest BCUT2D eigenvalue weighted by molar-refractivity contribution is 7.92. The molecule has 32 heavy (non-hydrogen) atoms. The van der Waals surface area contributed by atoms with Crippen LogP contribution in [0.2, 0.25) is 0 Å². The Morgan fingerprint density at radius 1 is 0.938 bits per heavy atom. The first kappa shape index (κ1) is 21.3. The largest absolute Gasteiger partial charge is 0.343 e. The molecular weight excluding hydrogens is 428 g/mol. The molecule has 0 aliphatic heterocycles. The Labute approximate surface area is 185 Å². The number of aromatic nitrogens is 2. The van der Waals surface area contributed by atoms with Gasteiger partial charge in [0.15, 0.2) is 0 Å². The monoisotopic (exact) mass is 448 g/mol. The van der Waals surface area contributed by atoms with E-state index in [9.17, 15) is 13.2 Å². The topological polar surface area (TPSA) is 114 Å². The molecule has 1 heterocycles. The summed E-state index contributed by atoms with van der Waals surface area (Å²) in [4.78, 5) is 16.9. The molecule has 0 spiro atoms. The van der Waals surface area contributed by atoms with Gasteiger partial charge in [0.25, 0.3) is 15.9 Å². The molecule has 3 aromatic carbocycles. The summed E-state index contributed by atoms with van der Waals surface area (Å²) in [6, 6.07) is 21.9. The summed E-state index contributed by atoms with van der Waals surface area (Å²) in [5, 5.41) is 6.64. The third kappa shape index (κ3) is 5.01. The van der Waals surface area contributed by atoms with Crippen molar-refractivity contribution in [2.24, 2.45) is 0 Å². The van der Waals surface area contributed by atoms with Crippen molar-refractivity contribution < 1.29 is 17.7 Å². The first-order valence-corrected chi connectivity index (χ1v) is 11.2. The fraction of sp³-hybridized carbons (Fsp3) is 0.0870. The molecule has 0 saturated carbocycles. The minimum atomic E-state index is -3.69. The molecule has 0 aliphatic carbocycles. The van der Waals surface area contributed by atoms with E-state index in [1.54, 1.807) is 18.2 Å². The van der Waals surface area contributed by atoms with Crippen LogP contribution in [0, 0.1) is 6.92 Å². The molecule has 4 rings (SSSR count). The highest BCUT2D eigenvalue weighted by Crippen LogP contribution is 2.18. The van der Waals surface area contributed by atoms with Gasteiger partial charge in [0.1, 0.15) is 0 Å². The van der Waals surface area contributed by atoms with Crippen LogP contribution in [0.4, 0.5) is 5.69 Å². The zero-order chi connectivity index (χ0) is 22.6. The molecule has 0 aliphatic rings. The Balaban J connectivity index is 1.36. The maximum Gasteiger partial charge on any atom is 0.261 e. The van der Waals surface area contributed by atoms with Gasteiger partial charge in [0.05, 0.1) is 11.4 Å². The molecule has 9 heteroatoms. The second-order valence-electron chi connectivity index (χ2n) is 7.06. The van der Waals surface area contributed by atoms with Crippen LogP contribution in [0.1, 0.15) is 21.8 Å². The Bertz CT molecular complexity index is 1320. The normalized spacial score (nSPS) is 11.2. The average molecular weight is 449 g/mol. The molecule has 0 atom stereocenters. The standard InChI is InChI=1S/C23H20N4O4S/c1-16-7-9-17(10-8-16)22-25-21(31-26-22)15-24-23(28)18-11-13-19(14-12-18)27-32(29,30)20-5-3-2-4-6-20/h2-14,27H,15H2,1H3,(H,24,28). The maximum atomic E-state index is 12.4.